The fraction of sp³-hybridized carbons (Fsp3) is 0.692. The highest BCUT2D eigenvalue weighted by atomic mass is 35.5. The van der Waals surface area contributed by atoms with Crippen molar-refractivity contribution in [2.45, 2.75) is 44.4 Å². The summed E-state index contributed by atoms with van der Waals surface area (Å²) in [5.74, 6) is 1.25. The normalized spacial score (nSPS) is 15.8. The molecule has 1 fully saturated rings. The molecule has 1 heterocycles. The molecule has 108 valence electrons. The van der Waals surface area contributed by atoms with Crippen LogP contribution in [0.5, 0.6) is 0 Å². The molecule has 0 unspecified atom stereocenters. The molecule has 0 aromatic carbocycles. The SMILES string of the molecule is CNCCC(=O)Nc1cc(C2CCCCC2)[nH]n1.Cl. The molecule has 0 saturated heterocycles. The number of aromatic amines is 1. The van der Waals surface area contributed by atoms with E-state index in [4.69, 9.17) is 0 Å². The van der Waals surface area contributed by atoms with E-state index in [-0.39, 0.29) is 18.3 Å². The smallest absolute Gasteiger partial charge is 0.226 e. The number of H-pyrrole nitrogens is 1. The van der Waals surface area contributed by atoms with Crippen molar-refractivity contribution in [2.75, 3.05) is 18.9 Å². The van der Waals surface area contributed by atoms with Crippen LogP contribution in [0.1, 0.15) is 50.1 Å². The summed E-state index contributed by atoms with van der Waals surface area (Å²) in [5, 5.41) is 13.0. The molecule has 1 aliphatic rings. The number of amides is 1. The van der Waals surface area contributed by atoms with Gasteiger partial charge < -0.3 is 10.6 Å². The van der Waals surface area contributed by atoms with Crippen LogP contribution in [0.2, 0.25) is 0 Å². The molecule has 1 aromatic rings. The fourth-order valence-corrected chi connectivity index (χ4v) is 2.47. The Balaban J connectivity index is 0.00000180. The number of carbonyl (C=O) groups is 1. The van der Waals surface area contributed by atoms with Crippen LogP contribution in [0.3, 0.4) is 0 Å². The van der Waals surface area contributed by atoms with Crippen LogP contribution in [0.15, 0.2) is 6.07 Å². The summed E-state index contributed by atoms with van der Waals surface area (Å²) in [6.45, 7) is 0.686. The van der Waals surface area contributed by atoms with Gasteiger partial charge in [-0.05, 0) is 19.9 Å². The van der Waals surface area contributed by atoms with Crippen LogP contribution < -0.4 is 10.6 Å². The molecule has 1 amide bonds. The summed E-state index contributed by atoms with van der Waals surface area (Å²) < 4.78 is 0. The van der Waals surface area contributed by atoms with Gasteiger partial charge in [0.1, 0.15) is 0 Å². The van der Waals surface area contributed by atoms with Gasteiger partial charge in [-0.3, -0.25) is 9.89 Å². The first kappa shape index (κ1) is 16.0. The zero-order valence-corrected chi connectivity index (χ0v) is 12.2. The number of hydrogen-bond donors (Lipinski definition) is 3. The van der Waals surface area contributed by atoms with Crippen LogP contribution in [0, 0.1) is 0 Å². The lowest BCUT2D eigenvalue weighted by Gasteiger charge is -2.19. The van der Waals surface area contributed by atoms with Gasteiger partial charge in [-0.2, -0.15) is 5.10 Å². The predicted octanol–water partition coefficient (Wildman–Crippen LogP) is 2.43. The van der Waals surface area contributed by atoms with Gasteiger partial charge in [-0.1, -0.05) is 19.3 Å². The quantitative estimate of drug-likeness (QED) is 0.778. The van der Waals surface area contributed by atoms with Gasteiger partial charge in [-0.25, -0.2) is 0 Å². The van der Waals surface area contributed by atoms with Crippen LogP contribution in [0.25, 0.3) is 0 Å². The summed E-state index contributed by atoms with van der Waals surface area (Å²) in [7, 11) is 1.84. The molecule has 3 N–H and O–H groups in total. The Morgan fingerprint density at radius 3 is 2.84 bits per heavy atom. The summed E-state index contributed by atoms with van der Waals surface area (Å²) in [6, 6.07) is 1.98. The number of aromatic nitrogens is 2. The number of nitrogens with one attached hydrogen (secondary N) is 3. The van der Waals surface area contributed by atoms with E-state index in [0.717, 1.165) is 0 Å². The Kier molecular flexibility index (Phi) is 6.87. The maximum Gasteiger partial charge on any atom is 0.226 e. The second-order valence-corrected chi connectivity index (χ2v) is 4.95. The largest absolute Gasteiger partial charge is 0.319 e. The topological polar surface area (TPSA) is 69.8 Å². The van der Waals surface area contributed by atoms with Crippen molar-refractivity contribution in [3.8, 4) is 0 Å². The van der Waals surface area contributed by atoms with Gasteiger partial charge in [0.15, 0.2) is 5.82 Å². The minimum absolute atomic E-state index is 0. The molecule has 19 heavy (non-hydrogen) atoms. The number of hydrogen-bond acceptors (Lipinski definition) is 3. The van der Waals surface area contributed by atoms with Gasteiger partial charge >= 0.3 is 0 Å². The summed E-state index contributed by atoms with van der Waals surface area (Å²) in [4.78, 5) is 11.6. The van der Waals surface area contributed by atoms with Crippen LogP contribution >= 0.6 is 12.4 Å². The van der Waals surface area contributed by atoms with E-state index >= 15 is 0 Å². The van der Waals surface area contributed by atoms with Gasteiger partial charge in [0.05, 0.1) is 0 Å². The van der Waals surface area contributed by atoms with E-state index in [1.807, 2.05) is 13.1 Å². The second kappa shape index (κ2) is 8.17. The monoisotopic (exact) mass is 286 g/mol. The van der Waals surface area contributed by atoms with Crippen molar-refractivity contribution in [2.24, 2.45) is 0 Å². The predicted molar refractivity (Wildman–Crippen MR) is 78.8 cm³/mol. The second-order valence-electron chi connectivity index (χ2n) is 4.95. The summed E-state index contributed by atoms with van der Waals surface area (Å²) >= 11 is 0. The van der Waals surface area contributed by atoms with Gasteiger partial charge in [-0.15, -0.1) is 12.4 Å². The molecular formula is C13H23ClN4O. The zero-order chi connectivity index (χ0) is 12.8. The summed E-state index contributed by atoms with van der Waals surface area (Å²) in [5.41, 5.74) is 1.17. The van der Waals surface area contributed by atoms with Crippen molar-refractivity contribution in [1.29, 1.82) is 0 Å². The molecule has 0 radical (unpaired) electrons. The molecule has 1 saturated carbocycles. The van der Waals surface area contributed by atoms with Crippen LogP contribution in [-0.4, -0.2) is 29.7 Å². The highest BCUT2D eigenvalue weighted by Crippen LogP contribution is 2.32. The Hall–Kier alpha value is -1.07. The lowest BCUT2D eigenvalue weighted by atomic mass is 9.87. The molecule has 1 aromatic heterocycles. The number of carbonyl (C=O) groups excluding carboxylic acids is 1. The highest BCUT2D eigenvalue weighted by Gasteiger charge is 2.18. The third-order valence-electron chi connectivity index (χ3n) is 3.51. The van der Waals surface area contributed by atoms with E-state index < -0.39 is 0 Å². The molecule has 0 aliphatic heterocycles. The minimum Gasteiger partial charge on any atom is -0.319 e. The fourth-order valence-electron chi connectivity index (χ4n) is 2.47. The number of halogens is 1. The standard InChI is InChI=1S/C13H22N4O.ClH/c1-14-8-7-13(18)15-12-9-11(16-17-12)10-5-3-2-4-6-10;/h9-10,14H,2-8H2,1H3,(H2,15,16,17,18);1H. The first-order chi connectivity index (χ1) is 8.79. The molecular weight excluding hydrogens is 264 g/mol. The number of rotatable bonds is 5. The van der Waals surface area contributed by atoms with Crippen LogP contribution in [-0.2, 0) is 4.79 Å². The maximum absolute atomic E-state index is 11.6. The molecule has 0 atom stereocenters. The van der Waals surface area contributed by atoms with E-state index in [1.165, 1.54) is 37.8 Å². The van der Waals surface area contributed by atoms with Crippen molar-refractivity contribution in [1.82, 2.24) is 15.5 Å². The third kappa shape index (κ3) is 4.84. The van der Waals surface area contributed by atoms with Crippen molar-refractivity contribution >= 4 is 24.1 Å². The highest BCUT2D eigenvalue weighted by molar-refractivity contribution is 5.89. The molecule has 0 bridgehead atoms. The van der Waals surface area contributed by atoms with Gasteiger partial charge in [0, 0.05) is 30.6 Å². The van der Waals surface area contributed by atoms with Gasteiger partial charge in [0.25, 0.3) is 0 Å². The Labute approximate surface area is 120 Å². The van der Waals surface area contributed by atoms with Gasteiger partial charge in [0.2, 0.25) is 5.91 Å². The average Bonchev–Trinajstić information content (AvgIpc) is 2.86. The van der Waals surface area contributed by atoms with Crippen molar-refractivity contribution in [3.05, 3.63) is 11.8 Å². The lowest BCUT2D eigenvalue weighted by Crippen LogP contribution is -2.18. The van der Waals surface area contributed by atoms with E-state index in [9.17, 15) is 4.79 Å². The van der Waals surface area contributed by atoms with E-state index in [1.54, 1.807) is 0 Å². The Bertz CT molecular complexity index is 388. The first-order valence-corrected chi connectivity index (χ1v) is 6.79. The molecule has 1 aliphatic carbocycles. The van der Waals surface area contributed by atoms with Crippen LogP contribution in [0.4, 0.5) is 5.82 Å². The lowest BCUT2D eigenvalue weighted by molar-refractivity contribution is -0.116. The molecule has 2 rings (SSSR count). The molecule has 5 nitrogen and oxygen atoms in total. The first-order valence-electron chi connectivity index (χ1n) is 6.79. The number of anilines is 1. The zero-order valence-electron chi connectivity index (χ0n) is 11.4. The maximum atomic E-state index is 11.6. The number of nitrogens with zero attached hydrogens (tertiary/aromatic N) is 1. The molecule has 0 spiro atoms. The average molecular weight is 287 g/mol. The van der Waals surface area contributed by atoms with Crippen molar-refractivity contribution in [3.63, 3.8) is 0 Å². The van der Waals surface area contributed by atoms with Crippen molar-refractivity contribution < 1.29 is 4.79 Å². The summed E-state index contributed by atoms with van der Waals surface area (Å²) in [6.07, 6.45) is 6.88. The van der Waals surface area contributed by atoms with E-state index in [0.29, 0.717) is 24.7 Å². The Morgan fingerprint density at radius 2 is 2.16 bits per heavy atom. The Morgan fingerprint density at radius 1 is 1.42 bits per heavy atom. The third-order valence-corrected chi connectivity index (χ3v) is 3.51. The molecule has 6 heteroatoms. The minimum atomic E-state index is 0. The van der Waals surface area contributed by atoms with E-state index in [2.05, 4.69) is 20.8 Å².